The Hall–Kier alpha value is -3.32. The lowest BCUT2D eigenvalue weighted by Crippen LogP contribution is -2.39. The van der Waals surface area contributed by atoms with E-state index in [4.69, 9.17) is 0 Å². The lowest BCUT2D eigenvalue weighted by molar-refractivity contribution is -0.173. The number of hydrogen-bond acceptors (Lipinski definition) is 6. The Morgan fingerprint density at radius 2 is 1.62 bits per heavy atom. The first-order valence-corrected chi connectivity index (χ1v) is 10.7. The van der Waals surface area contributed by atoms with Crippen molar-refractivity contribution >= 4 is 23.4 Å². The molecule has 0 aromatic heterocycles. The summed E-state index contributed by atoms with van der Waals surface area (Å²) in [4.78, 5) is 51.4. The molecule has 4 atom stereocenters. The molecule has 164 valence electrons. The number of carbonyl (C=O) groups excluding carboxylic acids is 4. The van der Waals surface area contributed by atoms with Gasteiger partial charge in [-0.15, -0.1) is 0 Å². The quantitative estimate of drug-likeness (QED) is 0.305. The van der Waals surface area contributed by atoms with Gasteiger partial charge in [0.15, 0.2) is 11.6 Å². The zero-order valence-corrected chi connectivity index (χ0v) is 18.0. The molecule has 0 saturated carbocycles. The van der Waals surface area contributed by atoms with Gasteiger partial charge in [-0.25, -0.2) is 0 Å². The lowest BCUT2D eigenvalue weighted by atomic mass is 9.59. The van der Waals surface area contributed by atoms with E-state index in [0.29, 0.717) is 27.8 Å². The SMILES string of the molecule is CC1=CC(=O)C2=C(CC3C(=CCC4C(=O)N(O)C(=O)C43)C2c2cc(C)c(O)c(C)c2)C1=O. The highest BCUT2D eigenvalue weighted by atomic mass is 16.5. The molecule has 32 heavy (non-hydrogen) atoms. The number of phenolic OH excluding ortho intramolecular Hbond substituents is 1. The van der Waals surface area contributed by atoms with E-state index in [1.54, 1.807) is 32.9 Å². The number of aromatic hydroxyl groups is 1. The van der Waals surface area contributed by atoms with Crippen molar-refractivity contribution in [1.82, 2.24) is 5.06 Å². The molecule has 0 spiro atoms. The zero-order chi connectivity index (χ0) is 23.1. The standard InChI is InChI=1S/C25H23NO6/c1-10-6-13(7-11(2)22(10)28)19-14-4-5-15-20(25(31)26(32)24(15)30)16(14)9-17-21(19)18(27)8-12(3)23(17)29/h4,6-8,15-16,19-20,28,32H,5,9H2,1-3H3. The van der Waals surface area contributed by atoms with Crippen LogP contribution in [0.5, 0.6) is 5.75 Å². The second-order valence-corrected chi connectivity index (χ2v) is 9.22. The van der Waals surface area contributed by atoms with Crippen LogP contribution in [-0.2, 0) is 19.2 Å². The minimum absolute atomic E-state index is 0.169. The summed E-state index contributed by atoms with van der Waals surface area (Å²) in [5.74, 6) is -4.02. The van der Waals surface area contributed by atoms with Gasteiger partial charge in [0.1, 0.15) is 5.75 Å². The predicted molar refractivity (Wildman–Crippen MR) is 113 cm³/mol. The number of hydroxylamine groups is 2. The molecule has 4 aliphatic rings. The smallest absolute Gasteiger partial charge is 0.257 e. The van der Waals surface area contributed by atoms with E-state index in [9.17, 15) is 29.5 Å². The van der Waals surface area contributed by atoms with E-state index in [0.717, 1.165) is 11.1 Å². The third-order valence-electron chi connectivity index (χ3n) is 7.39. The van der Waals surface area contributed by atoms with E-state index in [1.807, 2.05) is 6.08 Å². The molecule has 1 aromatic carbocycles. The summed E-state index contributed by atoms with van der Waals surface area (Å²) in [5.41, 5.74) is 4.00. The highest BCUT2D eigenvalue weighted by Gasteiger charge is 2.56. The molecule has 0 radical (unpaired) electrons. The van der Waals surface area contributed by atoms with Crippen molar-refractivity contribution in [3.05, 3.63) is 63.3 Å². The summed E-state index contributed by atoms with van der Waals surface area (Å²) < 4.78 is 0. The van der Waals surface area contributed by atoms with Gasteiger partial charge >= 0.3 is 0 Å². The van der Waals surface area contributed by atoms with Crippen LogP contribution >= 0.6 is 0 Å². The van der Waals surface area contributed by atoms with Crippen LogP contribution in [0.3, 0.4) is 0 Å². The number of phenols is 1. The number of amides is 2. The average molecular weight is 433 g/mol. The first-order valence-electron chi connectivity index (χ1n) is 10.7. The molecular formula is C25H23NO6. The normalized spacial score (nSPS) is 29.6. The third kappa shape index (κ3) is 2.64. The van der Waals surface area contributed by atoms with Gasteiger partial charge in [-0.05, 0) is 62.3 Å². The Bertz CT molecular complexity index is 1210. The van der Waals surface area contributed by atoms with Crippen LogP contribution in [0.25, 0.3) is 0 Å². The first kappa shape index (κ1) is 20.6. The highest BCUT2D eigenvalue weighted by Crippen LogP contribution is 2.55. The number of allylic oxidation sites excluding steroid dienone is 6. The highest BCUT2D eigenvalue weighted by molar-refractivity contribution is 6.23. The van der Waals surface area contributed by atoms with E-state index >= 15 is 0 Å². The molecule has 1 fully saturated rings. The van der Waals surface area contributed by atoms with Crippen molar-refractivity contribution < 1.29 is 29.5 Å². The number of hydrogen-bond donors (Lipinski definition) is 2. The number of carbonyl (C=O) groups is 4. The fourth-order valence-corrected chi connectivity index (χ4v) is 5.90. The predicted octanol–water partition coefficient (Wildman–Crippen LogP) is 2.83. The fourth-order valence-electron chi connectivity index (χ4n) is 5.90. The van der Waals surface area contributed by atoms with Gasteiger partial charge in [0.2, 0.25) is 0 Å². The maximum atomic E-state index is 13.1. The molecule has 7 nitrogen and oxygen atoms in total. The van der Waals surface area contributed by atoms with Crippen molar-refractivity contribution in [2.45, 2.75) is 39.5 Å². The zero-order valence-electron chi connectivity index (χ0n) is 18.0. The van der Waals surface area contributed by atoms with E-state index in [2.05, 4.69) is 0 Å². The Morgan fingerprint density at radius 1 is 0.969 bits per heavy atom. The summed E-state index contributed by atoms with van der Waals surface area (Å²) in [6.07, 6.45) is 3.72. The second-order valence-electron chi connectivity index (χ2n) is 9.22. The number of nitrogens with zero attached hydrogens (tertiary/aromatic N) is 1. The Morgan fingerprint density at radius 3 is 2.28 bits per heavy atom. The molecule has 0 bridgehead atoms. The number of aryl methyl sites for hydroxylation is 2. The lowest BCUT2D eigenvalue weighted by Gasteiger charge is -2.42. The van der Waals surface area contributed by atoms with Crippen molar-refractivity contribution in [2.75, 3.05) is 0 Å². The first-order chi connectivity index (χ1) is 15.1. The summed E-state index contributed by atoms with van der Waals surface area (Å²) in [7, 11) is 0. The van der Waals surface area contributed by atoms with Crippen LogP contribution in [0.15, 0.2) is 46.6 Å². The van der Waals surface area contributed by atoms with Crippen molar-refractivity contribution in [2.24, 2.45) is 17.8 Å². The summed E-state index contributed by atoms with van der Waals surface area (Å²) in [5, 5.41) is 20.5. The fraction of sp³-hybridized carbons (Fsp3) is 0.360. The van der Waals surface area contributed by atoms with Crippen molar-refractivity contribution in [1.29, 1.82) is 0 Å². The minimum Gasteiger partial charge on any atom is -0.507 e. The average Bonchev–Trinajstić information content (AvgIpc) is 2.98. The molecule has 1 saturated heterocycles. The summed E-state index contributed by atoms with van der Waals surface area (Å²) >= 11 is 0. The van der Waals surface area contributed by atoms with E-state index < -0.39 is 35.5 Å². The monoisotopic (exact) mass is 433 g/mol. The summed E-state index contributed by atoms with van der Waals surface area (Å²) in [6.45, 7) is 5.14. The number of rotatable bonds is 1. The molecule has 5 rings (SSSR count). The van der Waals surface area contributed by atoms with E-state index in [-0.39, 0.29) is 35.2 Å². The minimum atomic E-state index is -0.766. The molecule has 7 heteroatoms. The Balaban J connectivity index is 1.74. The van der Waals surface area contributed by atoms with Gasteiger partial charge in [0.25, 0.3) is 11.8 Å². The van der Waals surface area contributed by atoms with Crippen LogP contribution in [0.4, 0.5) is 0 Å². The molecular weight excluding hydrogens is 410 g/mol. The van der Waals surface area contributed by atoms with Gasteiger partial charge < -0.3 is 5.11 Å². The van der Waals surface area contributed by atoms with Gasteiger partial charge in [0, 0.05) is 22.6 Å². The van der Waals surface area contributed by atoms with Crippen LogP contribution in [0.2, 0.25) is 0 Å². The maximum absolute atomic E-state index is 13.1. The topological polar surface area (TPSA) is 112 Å². The van der Waals surface area contributed by atoms with Crippen LogP contribution in [0.1, 0.15) is 42.4 Å². The number of ketones is 2. The van der Waals surface area contributed by atoms with Gasteiger partial charge in [-0.1, -0.05) is 23.8 Å². The molecule has 2 N–H and O–H groups in total. The van der Waals surface area contributed by atoms with Crippen molar-refractivity contribution in [3.8, 4) is 5.75 Å². The number of benzene rings is 1. The van der Waals surface area contributed by atoms with Gasteiger partial charge in [-0.3, -0.25) is 24.4 Å². The Labute approximate surface area is 184 Å². The van der Waals surface area contributed by atoms with Gasteiger partial charge in [0.05, 0.1) is 11.8 Å². The molecule has 1 heterocycles. The number of imide groups is 1. The number of fused-ring (bicyclic) bond motifs is 3. The summed E-state index contributed by atoms with van der Waals surface area (Å²) in [6, 6.07) is 3.60. The van der Waals surface area contributed by atoms with Crippen LogP contribution in [0, 0.1) is 31.6 Å². The molecule has 1 aliphatic heterocycles. The third-order valence-corrected chi connectivity index (χ3v) is 7.39. The second kappa shape index (κ2) is 6.84. The molecule has 4 unspecified atom stereocenters. The number of Topliss-reactive ketones (excluding diaryl/α,β-unsaturated/α-hetero) is 1. The molecule has 3 aliphatic carbocycles. The van der Waals surface area contributed by atoms with Crippen LogP contribution < -0.4 is 0 Å². The Kier molecular flexibility index (Phi) is 4.40. The van der Waals surface area contributed by atoms with Gasteiger partial charge in [-0.2, -0.15) is 5.06 Å². The van der Waals surface area contributed by atoms with E-state index in [1.165, 1.54) is 6.08 Å². The largest absolute Gasteiger partial charge is 0.507 e. The molecule has 2 amide bonds. The maximum Gasteiger partial charge on any atom is 0.257 e. The van der Waals surface area contributed by atoms with Crippen LogP contribution in [-0.4, -0.2) is 38.8 Å². The molecule has 1 aromatic rings. The van der Waals surface area contributed by atoms with Crippen molar-refractivity contribution in [3.63, 3.8) is 0 Å².